The van der Waals surface area contributed by atoms with Crippen molar-refractivity contribution in [3.05, 3.63) is 29.8 Å². The molecule has 5 nitrogen and oxygen atoms in total. The molecule has 1 fully saturated rings. The van der Waals surface area contributed by atoms with Crippen LogP contribution < -0.4 is 10.5 Å². The van der Waals surface area contributed by atoms with Crippen molar-refractivity contribution in [2.75, 3.05) is 40.3 Å². The predicted molar refractivity (Wildman–Crippen MR) is 98.1 cm³/mol. The fourth-order valence-corrected chi connectivity index (χ4v) is 2.47. The summed E-state index contributed by atoms with van der Waals surface area (Å²) in [6.45, 7) is 2.79. The maximum Gasteiger partial charge on any atom is 0.257 e. The second-order valence-corrected chi connectivity index (χ2v) is 5.80. The molecule has 132 valence electrons. The van der Waals surface area contributed by atoms with Gasteiger partial charge in [-0.3, -0.25) is 4.79 Å². The smallest absolute Gasteiger partial charge is 0.257 e. The van der Waals surface area contributed by atoms with E-state index in [0.717, 1.165) is 25.9 Å². The molecule has 0 aliphatic carbocycles. The van der Waals surface area contributed by atoms with Crippen LogP contribution in [0.3, 0.4) is 0 Å². The number of hydrogen-bond donors (Lipinski definition) is 1. The molecular weight excluding hydrogens is 337 g/mol. The number of likely N-dealkylation sites (N-methyl/N-ethyl adjacent to an activating group) is 1. The molecular formula is C16H27Cl2N3O2. The Morgan fingerprint density at radius 2 is 2.04 bits per heavy atom. The monoisotopic (exact) mass is 363 g/mol. The van der Waals surface area contributed by atoms with Gasteiger partial charge >= 0.3 is 0 Å². The van der Waals surface area contributed by atoms with Crippen LogP contribution in [0.5, 0.6) is 5.75 Å². The van der Waals surface area contributed by atoms with E-state index in [-0.39, 0.29) is 36.8 Å². The van der Waals surface area contributed by atoms with Crippen molar-refractivity contribution >= 4 is 30.7 Å². The molecule has 1 aliphatic rings. The van der Waals surface area contributed by atoms with Gasteiger partial charge in [-0.15, -0.1) is 24.8 Å². The number of nitrogens with zero attached hydrogens (tertiary/aromatic N) is 2. The van der Waals surface area contributed by atoms with E-state index in [1.807, 2.05) is 48.2 Å². The first-order chi connectivity index (χ1) is 10.1. The molecule has 1 aromatic carbocycles. The Balaban J connectivity index is 0.00000242. The number of benzene rings is 1. The minimum Gasteiger partial charge on any atom is -0.491 e. The van der Waals surface area contributed by atoms with Gasteiger partial charge in [0.25, 0.3) is 5.91 Å². The van der Waals surface area contributed by atoms with Gasteiger partial charge in [0, 0.05) is 25.7 Å². The van der Waals surface area contributed by atoms with Crippen LogP contribution in [0.4, 0.5) is 0 Å². The van der Waals surface area contributed by atoms with Crippen LogP contribution in [0.25, 0.3) is 0 Å². The van der Waals surface area contributed by atoms with Gasteiger partial charge in [-0.25, -0.2) is 0 Å². The van der Waals surface area contributed by atoms with Gasteiger partial charge in [0.15, 0.2) is 0 Å². The lowest BCUT2D eigenvalue weighted by molar-refractivity contribution is 0.0704. The van der Waals surface area contributed by atoms with E-state index in [2.05, 4.69) is 0 Å². The van der Waals surface area contributed by atoms with E-state index in [1.165, 1.54) is 0 Å². The first-order valence-corrected chi connectivity index (χ1v) is 7.49. The van der Waals surface area contributed by atoms with Gasteiger partial charge in [-0.05, 0) is 39.1 Å². The van der Waals surface area contributed by atoms with E-state index in [9.17, 15) is 4.79 Å². The maximum absolute atomic E-state index is 12.6. The highest BCUT2D eigenvalue weighted by molar-refractivity contribution is 5.97. The number of amides is 1. The Kier molecular flexibility index (Phi) is 10.2. The van der Waals surface area contributed by atoms with E-state index >= 15 is 0 Å². The van der Waals surface area contributed by atoms with Crippen LogP contribution in [0.1, 0.15) is 23.2 Å². The van der Waals surface area contributed by atoms with Crippen LogP contribution in [0, 0.1) is 0 Å². The summed E-state index contributed by atoms with van der Waals surface area (Å²) in [5.41, 5.74) is 6.59. The van der Waals surface area contributed by atoms with Gasteiger partial charge in [0.2, 0.25) is 0 Å². The number of likely N-dealkylation sites (tertiary alicyclic amines) is 1. The number of rotatable bonds is 5. The van der Waals surface area contributed by atoms with Crippen molar-refractivity contribution in [3.8, 4) is 5.75 Å². The molecule has 1 unspecified atom stereocenters. The van der Waals surface area contributed by atoms with E-state index in [0.29, 0.717) is 24.5 Å². The lowest BCUT2D eigenvalue weighted by Gasteiger charge is -2.31. The van der Waals surface area contributed by atoms with Crippen LogP contribution in [-0.2, 0) is 0 Å². The molecule has 0 spiro atoms. The van der Waals surface area contributed by atoms with Crippen molar-refractivity contribution in [2.45, 2.75) is 18.9 Å². The lowest BCUT2D eigenvalue weighted by atomic mass is 10.0. The number of halogens is 2. The molecule has 1 aromatic rings. The average molecular weight is 364 g/mol. The summed E-state index contributed by atoms with van der Waals surface area (Å²) in [6, 6.07) is 7.53. The summed E-state index contributed by atoms with van der Waals surface area (Å²) in [5.74, 6) is 0.675. The molecule has 1 atom stereocenters. The number of piperidine rings is 1. The lowest BCUT2D eigenvalue weighted by Crippen LogP contribution is -2.45. The average Bonchev–Trinajstić information content (AvgIpc) is 2.47. The second-order valence-electron chi connectivity index (χ2n) is 5.80. The Morgan fingerprint density at radius 1 is 1.35 bits per heavy atom. The fraction of sp³-hybridized carbons (Fsp3) is 0.562. The molecule has 7 heteroatoms. The highest BCUT2D eigenvalue weighted by atomic mass is 35.5. The van der Waals surface area contributed by atoms with Crippen molar-refractivity contribution in [1.29, 1.82) is 0 Å². The minimum atomic E-state index is 0. The van der Waals surface area contributed by atoms with E-state index in [4.69, 9.17) is 10.5 Å². The van der Waals surface area contributed by atoms with Gasteiger partial charge in [0.05, 0.1) is 5.56 Å². The molecule has 1 amide bonds. The molecule has 1 saturated heterocycles. The molecule has 0 bridgehead atoms. The highest BCUT2D eigenvalue weighted by Crippen LogP contribution is 2.21. The maximum atomic E-state index is 12.6. The number of carbonyl (C=O) groups is 1. The summed E-state index contributed by atoms with van der Waals surface area (Å²) < 4.78 is 5.77. The third-order valence-corrected chi connectivity index (χ3v) is 3.66. The number of hydrogen-bond acceptors (Lipinski definition) is 4. The van der Waals surface area contributed by atoms with Crippen molar-refractivity contribution in [1.82, 2.24) is 9.80 Å². The van der Waals surface area contributed by atoms with E-state index < -0.39 is 0 Å². The zero-order valence-corrected chi connectivity index (χ0v) is 15.4. The minimum absolute atomic E-state index is 0. The summed E-state index contributed by atoms with van der Waals surface area (Å²) in [6.07, 6.45) is 1.96. The molecule has 23 heavy (non-hydrogen) atoms. The molecule has 0 saturated carbocycles. The Bertz CT molecular complexity index is 486. The number of carbonyl (C=O) groups excluding carboxylic acids is 1. The van der Waals surface area contributed by atoms with Crippen LogP contribution in [0.15, 0.2) is 24.3 Å². The Morgan fingerprint density at radius 3 is 2.70 bits per heavy atom. The summed E-state index contributed by atoms with van der Waals surface area (Å²) >= 11 is 0. The van der Waals surface area contributed by atoms with Crippen LogP contribution in [0.2, 0.25) is 0 Å². The zero-order valence-electron chi connectivity index (χ0n) is 13.7. The fourth-order valence-electron chi connectivity index (χ4n) is 2.47. The predicted octanol–water partition coefficient (Wildman–Crippen LogP) is 2.03. The standard InChI is InChI=1S/C16H25N3O2.2ClH/c1-18(2)10-11-21-15-8-4-3-7-14(15)16(20)19-9-5-6-13(17)12-19;;/h3-4,7-8,13H,5-6,9-12,17H2,1-2H3;2*1H. The van der Waals surface area contributed by atoms with Gasteiger partial charge in [0.1, 0.15) is 12.4 Å². The quantitative estimate of drug-likeness (QED) is 0.869. The Hall–Kier alpha value is -1.01. The number of nitrogens with two attached hydrogens (primary N) is 1. The molecule has 1 heterocycles. The first-order valence-electron chi connectivity index (χ1n) is 7.49. The summed E-state index contributed by atoms with van der Waals surface area (Å²) in [7, 11) is 3.99. The van der Waals surface area contributed by atoms with Crippen LogP contribution >= 0.6 is 24.8 Å². The van der Waals surface area contributed by atoms with Crippen LogP contribution in [-0.4, -0.2) is 62.1 Å². The largest absolute Gasteiger partial charge is 0.491 e. The van der Waals surface area contributed by atoms with Gasteiger partial charge in [-0.1, -0.05) is 12.1 Å². The zero-order chi connectivity index (χ0) is 15.2. The van der Waals surface area contributed by atoms with Crippen molar-refractivity contribution in [2.24, 2.45) is 5.73 Å². The second kappa shape index (κ2) is 10.7. The molecule has 0 radical (unpaired) electrons. The third kappa shape index (κ3) is 6.55. The number of ether oxygens (including phenoxy) is 1. The highest BCUT2D eigenvalue weighted by Gasteiger charge is 2.24. The molecule has 2 N–H and O–H groups in total. The Labute approximate surface area is 151 Å². The SMILES string of the molecule is CN(C)CCOc1ccccc1C(=O)N1CCCC(N)C1.Cl.Cl. The first kappa shape index (κ1) is 22.0. The van der Waals surface area contributed by atoms with Crippen molar-refractivity contribution < 1.29 is 9.53 Å². The van der Waals surface area contributed by atoms with E-state index in [1.54, 1.807) is 0 Å². The third-order valence-electron chi connectivity index (χ3n) is 3.66. The van der Waals surface area contributed by atoms with Gasteiger partial charge < -0.3 is 20.3 Å². The number of para-hydroxylation sites is 1. The normalized spacial score (nSPS) is 17.2. The molecule has 2 rings (SSSR count). The summed E-state index contributed by atoms with van der Waals surface area (Å²) in [5, 5.41) is 0. The van der Waals surface area contributed by atoms with Gasteiger partial charge in [-0.2, -0.15) is 0 Å². The molecule has 1 aliphatic heterocycles. The summed E-state index contributed by atoms with van der Waals surface area (Å²) in [4.78, 5) is 16.5. The topological polar surface area (TPSA) is 58.8 Å². The van der Waals surface area contributed by atoms with Crippen molar-refractivity contribution in [3.63, 3.8) is 0 Å². The molecule has 0 aromatic heterocycles.